The van der Waals surface area contributed by atoms with E-state index in [0.717, 1.165) is 10.4 Å². The Balaban J connectivity index is 1.80. The Hall–Kier alpha value is -2.14. The fraction of sp³-hybridized carbons (Fsp3) is 0.133. The number of rotatable bonds is 6. The molecule has 0 aliphatic carbocycles. The van der Waals surface area contributed by atoms with Crippen LogP contribution in [0.4, 0.5) is 0 Å². The summed E-state index contributed by atoms with van der Waals surface area (Å²) in [5.74, 6) is -0.624. The zero-order chi connectivity index (χ0) is 14.4. The van der Waals surface area contributed by atoms with E-state index in [0.29, 0.717) is 18.5 Å². The molecule has 1 aromatic carbocycles. The summed E-state index contributed by atoms with van der Waals surface area (Å²) < 4.78 is 0. The van der Waals surface area contributed by atoms with Gasteiger partial charge in [0.05, 0.1) is 18.5 Å². The lowest BCUT2D eigenvalue weighted by Crippen LogP contribution is -2.24. The monoisotopic (exact) mass is 287 g/mol. The first-order valence-electron chi connectivity index (χ1n) is 6.18. The number of benzene rings is 1. The lowest BCUT2D eigenvalue weighted by atomic mass is 10.1. The molecule has 1 radical (unpaired) electrons. The van der Waals surface area contributed by atoms with Gasteiger partial charge >= 0.3 is 0 Å². The molecule has 5 heteroatoms. The van der Waals surface area contributed by atoms with Gasteiger partial charge in [-0.05, 0) is 23.4 Å². The molecule has 0 fully saturated rings. The number of nitrogens with one attached hydrogen (secondary N) is 1. The van der Waals surface area contributed by atoms with E-state index in [9.17, 15) is 9.59 Å². The molecular formula is C15H15N2O2S. The fourth-order valence-electron chi connectivity index (χ4n) is 1.76. The van der Waals surface area contributed by atoms with Crippen LogP contribution in [0.2, 0.25) is 0 Å². The van der Waals surface area contributed by atoms with Gasteiger partial charge in [0.1, 0.15) is 0 Å². The number of amides is 2. The number of thiophene rings is 1. The summed E-state index contributed by atoms with van der Waals surface area (Å²) in [5, 5.41) is 4.55. The molecule has 1 heterocycles. The summed E-state index contributed by atoms with van der Waals surface area (Å²) in [6.45, 7) is 0.320. The summed E-state index contributed by atoms with van der Waals surface area (Å²) in [7, 11) is 0. The predicted octanol–water partition coefficient (Wildman–Crippen LogP) is 1.91. The molecule has 2 rings (SSSR count). The molecule has 1 aromatic heterocycles. The van der Waals surface area contributed by atoms with E-state index in [1.165, 1.54) is 11.3 Å². The summed E-state index contributed by atoms with van der Waals surface area (Å²) in [4.78, 5) is 23.6. The summed E-state index contributed by atoms with van der Waals surface area (Å²) in [6.07, 6.45) is 2.17. The van der Waals surface area contributed by atoms with Gasteiger partial charge in [-0.25, -0.2) is 0 Å². The maximum Gasteiger partial charge on any atom is 0.249 e. The maximum absolute atomic E-state index is 11.7. The standard InChI is InChI=1S/C15H15N2O2S/c16-15(19)12-8-9-20-13(12)10-17-14(18)7-6-11-4-2-1-3-5-11/h1-5,7-9H,6,10H2,(H2,16,19)(H,17,18). The van der Waals surface area contributed by atoms with Crippen molar-refractivity contribution in [3.8, 4) is 0 Å². The molecule has 0 spiro atoms. The molecule has 0 atom stereocenters. The highest BCUT2D eigenvalue weighted by Gasteiger charge is 2.10. The van der Waals surface area contributed by atoms with Crippen LogP contribution in [0.25, 0.3) is 0 Å². The minimum Gasteiger partial charge on any atom is -0.366 e. The number of carbonyl (C=O) groups is 2. The normalized spacial score (nSPS) is 10.2. The number of hydrogen-bond donors (Lipinski definition) is 2. The number of primary amides is 1. The largest absolute Gasteiger partial charge is 0.366 e. The highest BCUT2D eigenvalue weighted by atomic mass is 32.1. The summed E-state index contributed by atoms with van der Waals surface area (Å²) in [6, 6.07) is 11.4. The second-order valence-electron chi connectivity index (χ2n) is 4.23. The Labute approximate surface area is 121 Å². The predicted molar refractivity (Wildman–Crippen MR) is 79.1 cm³/mol. The number of nitrogens with two attached hydrogens (primary N) is 1. The molecule has 0 aliphatic heterocycles. The Bertz CT molecular complexity index is 593. The van der Waals surface area contributed by atoms with Crippen molar-refractivity contribution in [1.82, 2.24) is 5.32 Å². The van der Waals surface area contributed by atoms with E-state index in [4.69, 9.17) is 5.73 Å². The van der Waals surface area contributed by atoms with Gasteiger partial charge in [0.25, 0.3) is 0 Å². The van der Waals surface area contributed by atoms with E-state index in [1.54, 1.807) is 17.9 Å². The van der Waals surface area contributed by atoms with Crippen LogP contribution in [0.1, 0.15) is 20.8 Å². The first-order valence-corrected chi connectivity index (χ1v) is 7.06. The van der Waals surface area contributed by atoms with Crippen LogP contribution >= 0.6 is 11.3 Å². The zero-order valence-electron chi connectivity index (χ0n) is 10.8. The Morgan fingerprint density at radius 2 is 1.95 bits per heavy atom. The molecule has 3 N–H and O–H groups in total. The van der Waals surface area contributed by atoms with E-state index in [2.05, 4.69) is 5.32 Å². The second kappa shape index (κ2) is 6.86. The van der Waals surface area contributed by atoms with Gasteiger partial charge in [-0.15, -0.1) is 11.3 Å². The highest BCUT2D eigenvalue weighted by Crippen LogP contribution is 2.15. The van der Waals surface area contributed by atoms with Crippen LogP contribution in [0.3, 0.4) is 0 Å². The van der Waals surface area contributed by atoms with Crippen molar-refractivity contribution in [2.24, 2.45) is 5.73 Å². The van der Waals surface area contributed by atoms with Crippen LogP contribution in [-0.2, 0) is 17.8 Å². The molecule has 0 unspecified atom stereocenters. The smallest absolute Gasteiger partial charge is 0.249 e. The average Bonchev–Trinajstić information content (AvgIpc) is 2.92. The molecule has 0 aliphatic rings. The third kappa shape index (κ3) is 3.93. The number of carbonyl (C=O) groups excluding carboxylic acids is 2. The quantitative estimate of drug-likeness (QED) is 0.852. The molecule has 4 nitrogen and oxygen atoms in total. The first-order chi connectivity index (χ1) is 9.66. The first kappa shape index (κ1) is 14.3. The lowest BCUT2D eigenvalue weighted by molar-refractivity contribution is -0.118. The van der Waals surface area contributed by atoms with Gasteiger partial charge < -0.3 is 11.1 Å². The highest BCUT2D eigenvalue weighted by molar-refractivity contribution is 7.10. The molecule has 2 aromatic rings. The van der Waals surface area contributed by atoms with Crippen molar-refractivity contribution in [1.29, 1.82) is 0 Å². The molecular weight excluding hydrogens is 272 g/mol. The van der Waals surface area contributed by atoms with Crippen LogP contribution < -0.4 is 11.1 Å². The van der Waals surface area contributed by atoms with Gasteiger partial charge in [0.15, 0.2) is 0 Å². The van der Waals surface area contributed by atoms with Crippen molar-refractivity contribution < 1.29 is 9.59 Å². The second-order valence-corrected chi connectivity index (χ2v) is 5.23. The van der Waals surface area contributed by atoms with Gasteiger partial charge in [-0.2, -0.15) is 0 Å². The van der Waals surface area contributed by atoms with Crippen molar-refractivity contribution >= 4 is 23.2 Å². The van der Waals surface area contributed by atoms with E-state index >= 15 is 0 Å². The minimum absolute atomic E-state index is 0.155. The van der Waals surface area contributed by atoms with Crippen LogP contribution in [-0.4, -0.2) is 11.8 Å². The summed E-state index contributed by atoms with van der Waals surface area (Å²) in [5.41, 5.74) is 6.80. The minimum atomic E-state index is -0.469. The summed E-state index contributed by atoms with van der Waals surface area (Å²) >= 11 is 1.40. The van der Waals surface area contributed by atoms with E-state index < -0.39 is 5.91 Å². The van der Waals surface area contributed by atoms with Gasteiger partial charge in [-0.1, -0.05) is 30.3 Å². The van der Waals surface area contributed by atoms with Crippen molar-refractivity contribution in [2.75, 3.05) is 0 Å². The van der Waals surface area contributed by atoms with E-state index in [1.807, 2.05) is 30.3 Å². The number of hydrogen-bond acceptors (Lipinski definition) is 3. The van der Waals surface area contributed by atoms with Gasteiger partial charge in [0, 0.05) is 4.88 Å². The van der Waals surface area contributed by atoms with Crippen molar-refractivity contribution in [3.05, 3.63) is 64.2 Å². The molecule has 0 saturated carbocycles. The van der Waals surface area contributed by atoms with Crippen molar-refractivity contribution in [2.45, 2.75) is 13.0 Å². The average molecular weight is 287 g/mol. The SMILES string of the molecule is NC(=O)c1ccsc1CNC(=O)[CH]Cc1ccccc1. The zero-order valence-corrected chi connectivity index (χ0v) is 11.7. The Morgan fingerprint density at radius 3 is 2.65 bits per heavy atom. The van der Waals surface area contributed by atoms with Crippen molar-refractivity contribution in [3.63, 3.8) is 0 Å². The van der Waals surface area contributed by atoms with Crippen LogP contribution in [0.15, 0.2) is 41.8 Å². The third-order valence-electron chi connectivity index (χ3n) is 2.80. The van der Waals surface area contributed by atoms with Crippen LogP contribution in [0, 0.1) is 6.42 Å². The third-order valence-corrected chi connectivity index (χ3v) is 3.72. The fourth-order valence-corrected chi connectivity index (χ4v) is 2.58. The molecule has 20 heavy (non-hydrogen) atoms. The lowest BCUT2D eigenvalue weighted by Gasteiger charge is -2.05. The molecule has 0 bridgehead atoms. The van der Waals surface area contributed by atoms with Gasteiger partial charge in [-0.3, -0.25) is 9.59 Å². The van der Waals surface area contributed by atoms with Crippen LogP contribution in [0.5, 0.6) is 0 Å². The Morgan fingerprint density at radius 1 is 1.20 bits per heavy atom. The van der Waals surface area contributed by atoms with E-state index in [-0.39, 0.29) is 5.91 Å². The maximum atomic E-state index is 11.7. The molecule has 2 amide bonds. The molecule has 0 saturated heterocycles. The molecule has 103 valence electrons. The van der Waals surface area contributed by atoms with Gasteiger partial charge in [0.2, 0.25) is 11.8 Å². The topological polar surface area (TPSA) is 72.2 Å². The Kier molecular flexibility index (Phi) is 4.90.